The second-order valence-corrected chi connectivity index (χ2v) is 6.60. The molecule has 2 rings (SSSR count). The number of ether oxygens (including phenoxy) is 1. The minimum atomic E-state index is -2.85. The minimum Gasteiger partial charge on any atom is -0.444 e. The molecule has 1 unspecified atom stereocenters. The number of hydrogen-bond acceptors (Lipinski definition) is 3. The van der Waals surface area contributed by atoms with Gasteiger partial charge in [0, 0.05) is 13.1 Å². The number of nitrogens with zero attached hydrogens (tertiary/aromatic N) is 1. The zero-order chi connectivity index (χ0) is 14.3. The Morgan fingerprint density at radius 1 is 1.32 bits per heavy atom. The molecule has 2 heterocycles. The molecule has 0 radical (unpaired) electrons. The lowest BCUT2D eigenvalue weighted by molar-refractivity contribution is -0.0935. The lowest BCUT2D eigenvalue weighted by atomic mass is 9.77. The van der Waals surface area contributed by atoms with E-state index in [1.54, 1.807) is 20.8 Å². The van der Waals surface area contributed by atoms with E-state index in [0.29, 0.717) is 6.42 Å². The molecular weight excluding hydrogens is 254 g/mol. The summed E-state index contributed by atoms with van der Waals surface area (Å²) in [7, 11) is 0. The number of likely N-dealkylation sites (tertiary alicyclic amines) is 1. The largest absolute Gasteiger partial charge is 0.444 e. The van der Waals surface area contributed by atoms with Gasteiger partial charge in [0.1, 0.15) is 5.60 Å². The number of rotatable bonds is 0. The van der Waals surface area contributed by atoms with E-state index in [0.717, 1.165) is 17.9 Å². The van der Waals surface area contributed by atoms with Gasteiger partial charge in [0.15, 0.2) is 0 Å². The lowest BCUT2D eigenvalue weighted by Gasteiger charge is -2.37. The van der Waals surface area contributed by atoms with Crippen molar-refractivity contribution in [2.24, 2.45) is 5.41 Å². The first kappa shape index (κ1) is 14.5. The molecule has 0 aromatic heterocycles. The van der Waals surface area contributed by atoms with Gasteiger partial charge in [0.2, 0.25) is 0 Å². The lowest BCUT2D eigenvalue weighted by Crippen LogP contribution is -2.51. The third-order valence-electron chi connectivity index (χ3n) is 3.78. The summed E-state index contributed by atoms with van der Waals surface area (Å²) in [5.41, 5.74) is -1.78. The first-order valence-corrected chi connectivity index (χ1v) is 6.72. The van der Waals surface area contributed by atoms with E-state index < -0.39 is 29.6 Å². The number of carbonyl (C=O) groups excluding carboxylic acids is 1. The Balaban J connectivity index is 2.09. The van der Waals surface area contributed by atoms with Crippen LogP contribution >= 0.6 is 0 Å². The van der Waals surface area contributed by atoms with Crippen molar-refractivity contribution in [1.29, 1.82) is 0 Å². The standard InChI is InChI=1S/C13H22F2N2O2/c1-11(2,3)19-10(18)17-8-12(13(14,15)9-17)5-4-6-16-7-12/h16H,4-9H2,1-3H3. The van der Waals surface area contributed by atoms with Crippen LogP contribution in [0.2, 0.25) is 0 Å². The summed E-state index contributed by atoms with van der Waals surface area (Å²) < 4.78 is 33.7. The Kier molecular flexibility index (Phi) is 3.49. The maximum absolute atomic E-state index is 14.2. The topological polar surface area (TPSA) is 41.6 Å². The monoisotopic (exact) mass is 276 g/mol. The molecule has 6 heteroatoms. The number of halogens is 2. The number of hydrogen-bond donors (Lipinski definition) is 1. The van der Waals surface area contributed by atoms with Crippen molar-refractivity contribution in [1.82, 2.24) is 10.2 Å². The summed E-state index contributed by atoms with van der Waals surface area (Å²) in [6.45, 7) is 5.76. The number of carbonyl (C=O) groups is 1. The third kappa shape index (κ3) is 2.83. The molecule has 1 N–H and O–H groups in total. The van der Waals surface area contributed by atoms with Gasteiger partial charge in [-0.05, 0) is 40.2 Å². The highest BCUT2D eigenvalue weighted by atomic mass is 19.3. The Morgan fingerprint density at radius 3 is 2.53 bits per heavy atom. The van der Waals surface area contributed by atoms with Gasteiger partial charge in [-0.3, -0.25) is 0 Å². The normalized spacial score (nSPS) is 30.7. The maximum atomic E-state index is 14.2. The number of amides is 1. The van der Waals surface area contributed by atoms with E-state index in [2.05, 4.69) is 5.32 Å². The average Bonchev–Trinajstić information content (AvgIpc) is 2.50. The highest BCUT2D eigenvalue weighted by Crippen LogP contribution is 2.47. The molecule has 110 valence electrons. The van der Waals surface area contributed by atoms with Crippen molar-refractivity contribution >= 4 is 6.09 Å². The summed E-state index contributed by atoms with van der Waals surface area (Å²) in [5.74, 6) is -2.85. The van der Waals surface area contributed by atoms with E-state index in [9.17, 15) is 13.6 Å². The van der Waals surface area contributed by atoms with E-state index in [1.807, 2.05) is 0 Å². The zero-order valence-electron chi connectivity index (χ0n) is 11.8. The van der Waals surface area contributed by atoms with Gasteiger partial charge < -0.3 is 15.0 Å². The van der Waals surface area contributed by atoms with Crippen molar-refractivity contribution in [3.8, 4) is 0 Å². The molecular formula is C13H22F2N2O2. The molecule has 0 bridgehead atoms. The molecule has 0 aromatic carbocycles. The average molecular weight is 276 g/mol. The predicted molar refractivity (Wildman–Crippen MR) is 67.3 cm³/mol. The molecule has 0 saturated carbocycles. The summed E-state index contributed by atoms with van der Waals surface area (Å²) in [6, 6.07) is 0. The molecule has 0 aliphatic carbocycles. The van der Waals surface area contributed by atoms with E-state index in [4.69, 9.17) is 4.74 Å². The molecule has 2 saturated heterocycles. The fraction of sp³-hybridized carbons (Fsp3) is 0.923. The first-order valence-electron chi connectivity index (χ1n) is 6.72. The van der Waals surface area contributed by atoms with Gasteiger partial charge in [-0.2, -0.15) is 0 Å². The Morgan fingerprint density at radius 2 is 2.00 bits per heavy atom. The van der Waals surface area contributed by atoms with Crippen LogP contribution in [0.5, 0.6) is 0 Å². The van der Waals surface area contributed by atoms with E-state index >= 15 is 0 Å². The number of nitrogens with one attached hydrogen (secondary N) is 1. The Bertz CT molecular complexity index is 360. The molecule has 19 heavy (non-hydrogen) atoms. The van der Waals surface area contributed by atoms with Crippen molar-refractivity contribution in [2.45, 2.75) is 45.1 Å². The van der Waals surface area contributed by atoms with Gasteiger partial charge in [-0.1, -0.05) is 0 Å². The molecule has 1 atom stereocenters. The van der Waals surface area contributed by atoms with Crippen LogP contribution in [0.1, 0.15) is 33.6 Å². The highest BCUT2D eigenvalue weighted by Gasteiger charge is 2.61. The van der Waals surface area contributed by atoms with Gasteiger partial charge in [-0.25, -0.2) is 13.6 Å². The third-order valence-corrected chi connectivity index (χ3v) is 3.78. The van der Waals surface area contributed by atoms with E-state index in [1.165, 1.54) is 0 Å². The molecule has 2 aliphatic heterocycles. The van der Waals surface area contributed by atoms with E-state index in [-0.39, 0.29) is 13.1 Å². The van der Waals surface area contributed by atoms with Gasteiger partial charge in [-0.15, -0.1) is 0 Å². The fourth-order valence-corrected chi connectivity index (χ4v) is 2.81. The second-order valence-electron chi connectivity index (χ2n) is 6.60. The van der Waals surface area contributed by atoms with Crippen LogP contribution in [0, 0.1) is 5.41 Å². The maximum Gasteiger partial charge on any atom is 0.410 e. The summed E-state index contributed by atoms with van der Waals surface area (Å²) in [6.07, 6.45) is 0.527. The van der Waals surface area contributed by atoms with Crippen LogP contribution < -0.4 is 5.32 Å². The zero-order valence-corrected chi connectivity index (χ0v) is 11.8. The molecule has 1 spiro atoms. The van der Waals surface area contributed by atoms with Gasteiger partial charge in [0.25, 0.3) is 5.92 Å². The summed E-state index contributed by atoms with van der Waals surface area (Å²) in [4.78, 5) is 13.1. The predicted octanol–water partition coefficient (Wildman–Crippen LogP) is 2.24. The van der Waals surface area contributed by atoms with Crippen molar-refractivity contribution in [3.05, 3.63) is 0 Å². The van der Waals surface area contributed by atoms with Crippen molar-refractivity contribution in [3.63, 3.8) is 0 Å². The molecule has 1 amide bonds. The molecule has 4 nitrogen and oxygen atoms in total. The summed E-state index contributed by atoms with van der Waals surface area (Å²) >= 11 is 0. The number of piperidine rings is 1. The number of alkyl halides is 2. The van der Waals surface area contributed by atoms with Crippen LogP contribution in [0.3, 0.4) is 0 Å². The summed E-state index contributed by atoms with van der Waals surface area (Å²) in [5, 5.41) is 3.02. The van der Waals surface area contributed by atoms with Crippen LogP contribution in [0.25, 0.3) is 0 Å². The van der Waals surface area contributed by atoms with Gasteiger partial charge in [0.05, 0.1) is 12.0 Å². The SMILES string of the molecule is CC(C)(C)OC(=O)N1CC(F)(F)C2(CCCNC2)C1. The smallest absolute Gasteiger partial charge is 0.410 e. The van der Waals surface area contributed by atoms with Gasteiger partial charge >= 0.3 is 6.09 Å². The van der Waals surface area contributed by atoms with Crippen LogP contribution in [0.15, 0.2) is 0 Å². The Hall–Kier alpha value is -0.910. The van der Waals surface area contributed by atoms with Crippen LogP contribution in [-0.4, -0.2) is 48.7 Å². The van der Waals surface area contributed by atoms with Crippen molar-refractivity contribution < 1.29 is 18.3 Å². The van der Waals surface area contributed by atoms with Crippen LogP contribution in [-0.2, 0) is 4.74 Å². The highest BCUT2D eigenvalue weighted by molar-refractivity contribution is 5.69. The first-order chi connectivity index (χ1) is 8.65. The van der Waals surface area contributed by atoms with Crippen LogP contribution in [0.4, 0.5) is 13.6 Å². The second kappa shape index (κ2) is 4.58. The fourth-order valence-electron chi connectivity index (χ4n) is 2.81. The molecule has 2 aliphatic rings. The quantitative estimate of drug-likeness (QED) is 0.738. The minimum absolute atomic E-state index is 0.0713. The molecule has 2 fully saturated rings. The van der Waals surface area contributed by atoms with Crippen molar-refractivity contribution in [2.75, 3.05) is 26.2 Å². The molecule has 0 aromatic rings. The Labute approximate surface area is 112 Å².